The van der Waals surface area contributed by atoms with Crippen molar-refractivity contribution in [2.75, 3.05) is 37.9 Å². The number of hydrogen-bond donors (Lipinski definition) is 3. The summed E-state index contributed by atoms with van der Waals surface area (Å²) in [6.07, 6.45) is 5.37. The average molecular weight is 312 g/mol. The number of carbonyl (C=O) groups excluding carboxylic acids is 1. The molecule has 21 heavy (non-hydrogen) atoms. The van der Waals surface area contributed by atoms with E-state index in [1.165, 1.54) is 17.8 Å². The molecule has 4 N–H and O–H groups in total. The highest BCUT2D eigenvalue weighted by Crippen LogP contribution is 2.35. The topological polar surface area (TPSA) is 91.5 Å². The molecular formula is C14H24N4O2S. The van der Waals surface area contributed by atoms with Crippen molar-refractivity contribution in [1.82, 2.24) is 10.3 Å². The summed E-state index contributed by atoms with van der Waals surface area (Å²) in [5.74, 6) is 0.0689. The quantitative estimate of drug-likeness (QED) is 0.766. The van der Waals surface area contributed by atoms with Gasteiger partial charge in [0.1, 0.15) is 10.7 Å². The van der Waals surface area contributed by atoms with Gasteiger partial charge in [0.05, 0.1) is 6.61 Å². The van der Waals surface area contributed by atoms with Crippen molar-refractivity contribution in [3.63, 3.8) is 0 Å². The molecule has 118 valence electrons. The third kappa shape index (κ3) is 3.65. The maximum Gasteiger partial charge on any atom is 0.265 e. The molecule has 0 unspecified atom stereocenters. The highest BCUT2D eigenvalue weighted by molar-refractivity contribution is 7.18. The monoisotopic (exact) mass is 312 g/mol. The van der Waals surface area contributed by atoms with Crippen LogP contribution < -0.4 is 16.0 Å². The second kappa shape index (κ2) is 6.62. The minimum atomic E-state index is -0.198. The number of amides is 1. The van der Waals surface area contributed by atoms with Crippen LogP contribution in [-0.2, 0) is 0 Å². The van der Waals surface area contributed by atoms with Crippen LogP contribution in [0, 0.1) is 5.41 Å². The van der Waals surface area contributed by atoms with Crippen LogP contribution >= 0.6 is 11.3 Å². The van der Waals surface area contributed by atoms with E-state index in [9.17, 15) is 9.90 Å². The molecule has 0 bridgehead atoms. The van der Waals surface area contributed by atoms with Gasteiger partial charge in [0, 0.05) is 26.1 Å². The summed E-state index contributed by atoms with van der Waals surface area (Å²) in [6, 6.07) is 0. The molecule has 1 aromatic heterocycles. The van der Waals surface area contributed by atoms with Gasteiger partial charge >= 0.3 is 0 Å². The lowest BCUT2D eigenvalue weighted by atomic mass is 9.74. The smallest absolute Gasteiger partial charge is 0.265 e. The maximum atomic E-state index is 12.3. The largest absolute Gasteiger partial charge is 0.396 e. The van der Waals surface area contributed by atoms with Crippen molar-refractivity contribution in [3.8, 4) is 0 Å². The maximum absolute atomic E-state index is 12.3. The number of nitrogen functional groups attached to an aromatic ring is 1. The standard InChI is InChI=1S/C14H24N4O2S/c1-18(2)13-17-11(15)10(21-13)12(20)16-8-14(9-19)6-4-3-5-7-14/h19H,3-9,15H2,1-2H3,(H,16,20). The van der Waals surface area contributed by atoms with Crippen LogP contribution in [0.5, 0.6) is 0 Å². The van der Waals surface area contributed by atoms with E-state index in [-0.39, 0.29) is 23.7 Å². The van der Waals surface area contributed by atoms with Gasteiger partial charge in [-0.05, 0) is 12.8 Å². The van der Waals surface area contributed by atoms with Crippen LogP contribution in [0.2, 0.25) is 0 Å². The molecule has 1 amide bonds. The number of anilines is 2. The predicted octanol–water partition coefficient (Wildman–Crippen LogP) is 1.46. The number of rotatable bonds is 5. The highest BCUT2D eigenvalue weighted by atomic mass is 32.1. The molecule has 0 radical (unpaired) electrons. The summed E-state index contributed by atoms with van der Waals surface area (Å²) in [6.45, 7) is 0.616. The van der Waals surface area contributed by atoms with Crippen LogP contribution in [0.15, 0.2) is 0 Å². The number of aliphatic hydroxyl groups excluding tert-OH is 1. The minimum absolute atomic E-state index is 0.119. The predicted molar refractivity (Wildman–Crippen MR) is 85.8 cm³/mol. The first-order chi connectivity index (χ1) is 9.97. The van der Waals surface area contributed by atoms with Gasteiger partial charge in [0.15, 0.2) is 5.13 Å². The van der Waals surface area contributed by atoms with Crippen molar-refractivity contribution in [2.24, 2.45) is 5.41 Å². The van der Waals surface area contributed by atoms with Crippen molar-refractivity contribution >= 4 is 28.2 Å². The fourth-order valence-electron chi connectivity index (χ4n) is 2.71. The van der Waals surface area contributed by atoms with Crippen LogP contribution in [0.3, 0.4) is 0 Å². The fourth-order valence-corrected chi connectivity index (χ4v) is 3.54. The molecule has 1 aromatic rings. The van der Waals surface area contributed by atoms with Crippen molar-refractivity contribution in [2.45, 2.75) is 32.1 Å². The van der Waals surface area contributed by atoms with E-state index in [0.29, 0.717) is 16.6 Å². The summed E-state index contributed by atoms with van der Waals surface area (Å²) in [4.78, 5) is 18.7. The second-order valence-electron chi connectivity index (χ2n) is 6.01. The Morgan fingerprint density at radius 3 is 2.62 bits per heavy atom. The van der Waals surface area contributed by atoms with E-state index in [2.05, 4.69) is 10.3 Å². The molecule has 1 aliphatic rings. The molecule has 2 rings (SSSR count). The van der Waals surface area contributed by atoms with E-state index in [1.807, 2.05) is 19.0 Å². The Morgan fingerprint density at radius 1 is 1.43 bits per heavy atom. The molecule has 6 nitrogen and oxygen atoms in total. The van der Waals surface area contributed by atoms with E-state index in [1.54, 1.807) is 0 Å². The molecular weight excluding hydrogens is 288 g/mol. The Balaban J connectivity index is 2.01. The van der Waals surface area contributed by atoms with Gasteiger partial charge in [0.25, 0.3) is 5.91 Å². The first kappa shape index (κ1) is 16.0. The third-order valence-electron chi connectivity index (χ3n) is 4.10. The van der Waals surface area contributed by atoms with Gasteiger partial charge < -0.3 is 21.1 Å². The van der Waals surface area contributed by atoms with Crippen molar-refractivity contribution in [3.05, 3.63) is 4.88 Å². The zero-order valence-electron chi connectivity index (χ0n) is 12.7. The summed E-state index contributed by atoms with van der Waals surface area (Å²) < 4.78 is 0. The number of hydrogen-bond acceptors (Lipinski definition) is 6. The molecule has 0 saturated heterocycles. The molecule has 0 spiro atoms. The van der Waals surface area contributed by atoms with E-state index in [0.717, 1.165) is 25.7 Å². The minimum Gasteiger partial charge on any atom is -0.396 e. The molecule has 0 aromatic carbocycles. The highest BCUT2D eigenvalue weighted by Gasteiger charge is 2.32. The number of thiazole rings is 1. The SMILES string of the molecule is CN(C)c1nc(N)c(C(=O)NCC2(CO)CCCCC2)s1. The Bertz CT molecular complexity index is 495. The Hall–Kier alpha value is -1.34. The van der Waals surface area contributed by atoms with Crippen LogP contribution in [-0.4, -0.2) is 43.2 Å². The van der Waals surface area contributed by atoms with Crippen LogP contribution in [0.4, 0.5) is 10.9 Å². The van der Waals surface area contributed by atoms with Crippen LogP contribution in [0.25, 0.3) is 0 Å². The molecule has 0 atom stereocenters. The lowest BCUT2D eigenvalue weighted by Gasteiger charge is -2.35. The molecule has 1 aliphatic carbocycles. The Morgan fingerprint density at radius 2 is 2.10 bits per heavy atom. The molecule has 1 heterocycles. The molecule has 1 saturated carbocycles. The number of aromatic nitrogens is 1. The normalized spacial score (nSPS) is 17.5. The summed E-state index contributed by atoms with van der Waals surface area (Å²) >= 11 is 1.28. The van der Waals surface area contributed by atoms with Crippen LogP contribution in [0.1, 0.15) is 41.8 Å². The second-order valence-corrected chi connectivity index (χ2v) is 6.98. The van der Waals surface area contributed by atoms with Gasteiger partial charge in [-0.1, -0.05) is 30.6 Å². The third-order valence-corrected chi connectivity index (χ3v) is 5.34. The first-order valence-electron chi connectivity index (χ1n) is 7.30. The fraction of sp³-hybridized carbons (Fsp3) is 0.714. The van der Waals surface area contributed by atoms with E-state index < -0.39 is 0 Å². The van der Waals surface area contributed by atoms with Crippen molar-refractivity contribution in [1.29, 1.82) is 0 Å². The van der Waals surface area contributed by atoms with Crippen molar-refractivity contribution < 1.29 is 9.90 Å². The number of aliphatic hydroxyl groups is 1. The lowest BCUT2D eigenvalue weighted by molar-refractivity contribution is 0.0720. The van der Waals surface area contributed by atoms with E-state index >= 15 is 0 Å². The summed E-state index contributed by atoms with van der Waals surface area (Å²) in [7, 11) is 3.73. The summed E-state index contributed by atoms with van der Waals surface area (Å²) in [5, 5.41) is 13.3. The van der Waals surface area contributed by atoms with Gasteiger partial charge in [-0.2, -0.15) is 0 Å². The zero-order valence-corrected chi connectivity index (χ0v) is 13.5. The first-order valence-corrected chi connectivity index (χ1v) is 8.12. The number of carbonyl (C=O) groups is 1. The lowest BCUT2D eigenvalue weighted by Crippen LogP contribution is -2.41. The van der Waals surface area contributed by atoms with Gasteiger partial charge in [0.2, 0.25) is 0 Å². The zero-order chi connectivity index (χ0) is 15.5. The average Bonchev–Trinajstić information content (AvgIpc) is 2.88. The Labute approximate surface area is 129 Å². The number of nitrogens with two attached hydrogens (primary N) is 1. The molecule has 0 aliphatic heterocycles. The van der Waals surface area contributed by atoms with Gasteiger partial charge in [-0.15, -0.1) is 0 Å². The van der Waals surface area contributed by atoms with Gasteiger partial charge in [-0.3, -0.25) is 4.79 Å². The number of nitrogens with zero attached hydrogens (tertiary/aromatic N) is 2. The van der Waals surface area contributed by atoms with E-state index in [4.69, 9.17) is 5.73 Å². The number of nitrogens with one attached hydrogen (secondary N) is 1. The summed E-state index contributed by atoms with van der Waals surface area (Å²) in [5.41, 5.74) is 5.65. The van der Waals surface area contributed by atoms with Gasteiger partial charge in [-0.25, -0.2) is 4.98 Å². The Kier molecular flexibility index (Phi) is 5.05. The molecule has 7 heteroatoms. The molecule has 1 fully saturated rings.